The van der Waals surface area contributed by atoms with Gasteiger partial charge in [-0.05, 0) is 67.3 Å². The molecule has 0 unspecified atom stereocenters. The Balaban J connectivity index is 1.70. The van der Waals surface area contributed by atoms with Crippen LogP contribution in [0.15, 0.2) is 52.9 Å². The summed E-state index contributed by atoms with van der Waals surface area (Å²) in [5.41, 5.74) is -0.315. The molecule has 0 spiro atoms. The van der Waals surface area contributed by atoms with Crippen molar-refractivity contribution in [3.8, 4) is 34.3 Å². The normalized spacial score (nSPS) is 14.0. The number of fused-ring (bicyclic) bond motifs is 1. The molecule has 0 aliphatic heterocycles. The molecule has 0 bridgehead atoms. The molecular formula is C30H25F4N5O4. The second kappa shape index (κ2) is 11.3. The number of carbonyl (C=O) groups excluding carboxylic acids is 2. The molecule has 0 saturated heterocycles. The Kier molecular flexibility index (Phi) is 7.71. The Morgan fingerprint density at radius 3 is 2.37 bits per heavy atom. The summed E-state index contributed by atoms with van der Waals surface area (Å²) in [5, 5.41) is 17.3. The van der Waals surface area contributed by atoms with Crippen molar-refractivity contribution in [3.63, 3.8) is 0 Å². The predicted molar refractivity (Wildman–Crippen MR) is 149 cm³/mol. The number of hydrogen-bond donors (Lipinski definition) is 3. The summed E-state index contributed by atoms with van der Waals surface area (Å²) >= 11 is 0. The molecule has 222 valence electrons. The molecule has 1 saturated carbocycles. The van der Waals surface area contributed by atoms with Crippen molar-refractivity contribution < 1.29 is 36.3 Å². The Morgan fingerprint density at radius 2 is 1.79 bits per heavy atom. The van der Waals surface area contributed by atoms with E-state index < -0.39 is 35.9 Å². The molecule has 2 aromatic carbocycles. The van der Waals surface area contributed by atoms with Crippen LogP contribution in [0.4, 0.5) is 23.4 Å². The highest BCUT2D eigenvalue weighted by atomic mass is 19.4. The summed E-state index contributed by atoms with van der Waals surface area (Å²) in [6.07, 6.45) is -2.84. The standard InChI is InChI=1S/C30H25F4N5O4/c1-36-27(41)23-21-13-19(17-6-9-22(42-2)20(12-17)26(40)39-29(14-35)10-3-11-29)25(37-15-30(32,33)34)38-28(21)43-24(23)16-4-7-18(31)8-5-16/h4-9,12-13H,3,10-11,15H2,1-2H3,(H,36,41)(H,37,38)(H,39,40). The molecule has 1 aliphatic rings. The van der Waals surface area contributed by atoms with Crippen molar-refractivity contribution in [3.05, 3.63) is 65.5 Å². The third-order valence-corrected chi connectivity index (χ3v) is 7.23. The SMILES string of the molecule is CNC(=O)c1c(-c2ccc(F)cc2)oc2nc(NCC(F)(F)F)c(-c3ccc(OC)c(C(=O)NC4(C#N)CCC4)c3)cc12. The topological polar surface area (TPSA) is 129 Å². The summed E-state index contributed by atoms with van der Waals surface area (Å²) in [6, 6.07) is 13.1. The summed E-state index contributed by atoms with van der Waals surface area (Å²) in [5.74, 6) is -1.68. The number of nitriles is 1. The lowest BCUT2D eigenvalue weighted by Gasteiger charge is -2.35. The van der Waals surface area contributed by atoms with E-state index >= 15 is 0 Å². The quantitative estimate of drug-likeness (QED) is 0.219. The first-order valence-electron chi connectivity index (χ1n) is 13.2. The fourth-order valence-electron chi connectivity index (χ4n) is 4.85. The first-order chi connectivity index (χ1) is 20.5. The first kappa shape index (κ1) is 29.4. The molecule has 5 rings (SSSR count). The average Bonchev–Trinajstić information content (AvgIpc) is 3.34. The van der Waals surface area contributed by atoms with Crippen LogP contribution in [0.3, 0.4) is 0 Å². The number of benzene rings is 2. The zero-order chi connectivity index (χ0) is 30.9. The van der Waals surface area contributed by atoms with Gasteiger partial charge in [-0.25, -0.2) is 4.39 Å². The Hall–Kier alpha value is -5.12. The largest absolute Gasteiger partial charge is 0.496 e. The fraction of sp³-hybridized carbons (Fsp3) is 0.267. The van der Waals surface area contributed by atoms with Crippen LogP contribution in [0.2, 0.25) is 0 Å². The highest BCUT2D eigenvalue weighted by Gasteiger charge is 2.39. The maximum atomic E-state index is 13.6. The van der Waals surface area contributed by atoms with Crippen molar-refractivity contribution in [1.82, 2.24) is 15.6 Å². The van der Waals surface area contributed by atoms with E-state index in [4.69, 9.17) is 9.15 Å². The number of anilines is 1. The molecule has 1 fully saturated rings. The number of ether oxygens (including phenoxy) is 1. The highest BCUT2D eigenvalue weighted by molar-refractivity contribution is 6.11. The number of nitrogens with zero attached hydrogens (tertiary/aromatic N) is 2. The number of aromatic nitrogens is 1. The molecule has 9 nitrogen and oxygen atoms in total. The van der Waals surface area contributed by atoms with Gasteiger partial charge in [0, 0.05) is 18.2 Å². The van der Waals surface area contributed by atoms with Gasteiger partial charge in [0.2, 0.25) is 5.71 Å². The summed E-state index contributed by atoms with van der Waals surface area (Å²) < 4.78 is 64.6. The number of rotatable bonds is 8. The van der Waals surface area contributed by atoms with E-state index in [2.05, 4.69) is 27.0 Å². The van der Waals surface area contributed by atoms with Gasteiger partial charge < -0.3 is 25.1 Å². The monoisotopic (exact) mass is 595 g/mol. The lowest BCUT2D eigenvalue weighted by molar-refractivity contribution is -0.115. The van der Waals surface area contributed by atoms with Crippen molar-refractivity contribution in [2.24, 2.45) is 0 Å². The molecule has 1 aliphatic carbocycles. The average molecular weight is 596 g/mol. The molecule has 2 amide bonds. The minimum absolute atomic E-state index is 0.0349. The lowest BCUT2D eigenvalue weighted by atomic mass is 9.78. The van der Waals surface area contributed by atoms with Gasteiger partial charge >= 0.3 is 6.18 Å². The molecule has 43 heavy (non-hydrogen) atoms. The number of pyridine rings is 1. The molecule has 2 aromatic heterocycles. The van der Waals surface area contributed by atoms with Crippen molar-refractivity contribution >= 4 is 28.7 Å². The van der Waals surface area contributed by atoms with Crippen LogP contribution in [0.1, 0.15) is 40.0 Å². The van der Waals surface area contributed by atoms with E-state index in [1.165, 1.54) is 62.7 Å². The van der Waals surface area contributed by atoms with E-state index in [1.54, 1.807) is 0 Å². The molecular weight excluding hydrogens is 570 g/mol. The third-order valence-electron chi connectivity index (χ3n) is 7.23. The molecule has 3 N–H and O–H groups in total. The molecule has 13 heteroatoms. The fourth-order valence-corrected chi connectivity index (χ4v) is 4.85. The van der Waals surface area contributed by atoms with Gasteiger partial charge in [-0.1, -0.05) is 6.07 Å². The predicted octanol–water partition coefficient (Wildman–Crippen LogP) is 5.82. The molecule has 2 heterocycles. The van der Waals surface area contributed by atoms with Crippen LogP contribution in [0.25, 0.3) is 33.6 Å². The van der Waals surface area contributed by atoms with Gasteiger partial charge in [-0.2, -0.15) is 23.4 Å². The van der Waals surface area contributed by atoms with Crippen LogP contribution in [-0.2, 0) is 0 Å². The maximum Gasteiger partial charge on any atom is 0.405 e. The van der Waals surface area contributed by atoms with E-state index in [0.29, 0.717) is 18.4 Å². The Bertz CT molecular complexity index is 1760. The summed E-state index contributed by atoms with van der Waals surface area (Å²) in [4.78, 5) is 30.6. The number of hydrogen-bond acceptors (Lipinski definition) is 7. The summed E-state index contributed by atoms with van der Waals surface area (Å²) in [7, 11) is 2.75. The van der Waals surface area contributed by atoms with Crippen molar-refractivity contribution in [1.29, 1.82) is 5.26 Å². The number of carbonyl (C=O) groups is 2. The smallest absolute Gasteiger partial charge is 0.405 e. The van der Waals surface area contributed by atoms with Crippen LogP contribution in [0, 0.1) is 17.1 Å². The number of halogens is 4. The van der Waals surface area contributed by atoms with Gasteiger partial charge in [-0.3, -0.25) is 9.59 Å². The van der Waals surface area contributed by atoms with Crippen molar-refractivity contribution in [2.45, 2.75) is 31.0 Å². The van der Waals surface area contributed by atoms with E-state index in [0.717, 1.165) is 6.42 Å². The first-order valence-corrected chi connectivity index (χ1v) is 13.2. The second-order valence-corrected chi connectivity index (χ2v) is 10.0. The van der Waals surface area contributed by atoms with Crippen molar-refractivity contribution in [2.75, 3.05) is 26.0 Å². The van der Waals surface area contributed by atoms with Gasteiger partial charge in [0.25, 0.3) is 11.8 Å². The van der Waals surface area contributed by atoms with Crippen LogP contribution in [-0.4, -0.2) is 49.2 Å². The number of furan rings is 1. The molecule has 0 radical (unpaired) electrons. The highest BCUT2D eigenvalue weighted by Crippen LogP contribution is 2.39. The van der Waals surface area contributed by atoms with Gasteiger partial charge in [0.15, 0.2) is 0 Å². The third kappa shape index (κ3) is 5.81. The van der Waals surface area contributed by atoms with E-state index in [-0.39, 0.29) is 50.7 Å². The van der Waals surface area contributed by atoms with E-state index in [1.807, 2.05) is 0 Å². The molecule has 4 aromatic rings. The molecule has 0 atom stereocenters. The second-order valence-electron chi connectivity index (χ2n) is 10.0. The number of nitrogens with one attached hydrogen (secondary N) is 3. The summed E-state index contributed by atoms with van der Waals surface area (Å²) in [6.45, 7) is -1.43. The zero-order valence-corrected chi connectivity index (χ0v) is 23.0. The minimum Gasteiger partial charge on any atom is -0.496 e. The Morgan fingerprint density at radius 1 is 1.09 bits per heavy atom. The number of amides is 2. The minimum atomic E-state index is -4.59. The van der Waals surface area contributed by atoms with Gasteiger partial charge in [0.05, 0.1) is 29.7 Å². The van der Waals surface area contributed by atoms with Crippen LogP contribution < -0.4 is 20.7 Å². The number of alkyl halides is 3. The van der Waals surface area contributed by atoms with Gasteiger partial charge in [-0.15, -0.1) is 0 Å². The maximum absolute atomic E-state index is 13.6. The van der Waals surface area contributed by atoms with E-state index in [9.17, 15) is 32.4 Å². The zero-order valence-electron chi connectivity index (χ0n) is 23.0. The Labute approximate surface area is 242 Å². The lowest BCUT2D eigenvalue weighted by Crippen LogP contribution is -2.52. The van der Waals surface area contributed by atoms with Crippen LogP contribution >= 0.6 is 0 Å². The van der Waals surface area contributed by atoms with Gasteiger partial charge in [0.1, 0.15) is 35.2 Å². The van der Waals surface area contributed by atoms with Crippen LogP contribution in [0.5, 0.6) is 5.75 Å². The number of methoxy groups -OCH3 is 1.